The maximum absolute atomic E-state index is 12.2. The third-order valence-electron chi connectivity index (χ3n) is 4.07. The van der Waals surface area contributed by atoms with Crippen LogP contribution in [0.3, 0.4) is 0 Å². The number of rotatable bonds is 4. The number of nitrogens with one attached hydrogen (secondary N) is 1. The zero-order valence-electron chi connectivity index (χ0n) is 15.5. The molecule has 2 N–H and O–H groups in total. The number of fused-ring (bicyclic) bond motifs is 1. The molecular formula is C17H31NO6. The zero-order chi connectivity index (χ0) is 18.1. The molecule has 0 saturated carbocycles. The van der Waals surface area contributed by atoms with Gasteiger partial charge in [0.15, 0.2) is 5.79 Å². The van der Waals surface area contributed by atoms with Crippen molar-refractivity contribution >= 4 is 6.09 Å². The Balaban J connectivity index is 2.19. The minimum atomic E-state index is -0.791. The fraction of sp³-hybridized carbons (Fsp3) is 0.941. The van der Waals surface area contributed by atoms with Crippen molar-refractivity contribution in [1.82, 2.24) is 5.32 Å². The van der Waals surface area contributed by atoms with Gasteiger partial charge >= 0.3 is 6.09 Å². The molecule has 0 radical (unpaired) electrons. The van der Waals surface area contributed by atoms with Crippen molar-refractivity contribution < 1.29 is 28.8 Å². The summed E-state index contributed by atoms with van der Waals surface area (Å²) in [5.41, 5.74) is -0.584. The van der Waals surface area contributed by atoms with E-state index in [0.717, 1.165) is 12.8 Å². The van der Waals surface area contributed by atoms with E-state index in [4.69, 9.17) is 18.9 Å². The molecule has 2 aliphatic heterocycles. The molecule has 1 amide bonds. The van der Waals surface area contributed by atoms with Crippen molar-refractivity contribution in [2.75, 3.05) is 6.61 Å². The largest absolute Gasteiger partial charge is 0.444 e. The summed E-state index contributed by atoms with van der Waals surface area (Å²) in [6.45, 7) is 11.0. The normalized spacial score (nSPS) is 35.4. The highest BCUT2D eigenvalue weighted by Gasteiger charge is 2.55. The lowest BCUT2D eigenvalue weighted by Crippen LogP contribution is -2.63. The molecule has 0 aromatic heterocycles. The van der Waals surface area contributed by atoms with Crippen LogP contribution in [0.4, 0.5) is 4.79 Å². The summed E-state index contributed by atoms with van der Waals surface area (Å²) in [6.07, 6.45) is -0.441. The van der Waals surface area contributed by atoms with E-state index < -0.39 is 41.8 Å². The molecule has 0 aliphatic carbocycles. The lowest BCUT2D eigenvalue weighted by Gasteiger charge is -2.42. The maximum Gasteiger partial charge on any atom is 0.408 e. The molecule has 7 heteroatoms. The molecule has 24 heavy (non-hydrogen) atoms. The van der Waals surface area contributed by atoms with Crippen molar-refractivity contribution in [2.45, 2.75) is 96.2 Å². The Morgan fingerprint density at radius 2 is 1.83 bits per heavy atom. The van der Waals surface area contributed by atoms with E-state index in [1.165, 1.54) is 0 Å². The molecule has 0 aromatic carbocycles. The summed E-state index contributed by atoms with van der Waals surface area (Å²) in [5, 5.41) is 12.5. The van der Waals surface area contributed by atoms with Crippen LogP contribution in [0.2, 0.25) is 0 Å². The zero-order valence-corrected chi connectivity index (χ0v) is 15.5. The third-order valence-corrected chi connectivity index (χ3v) is 4.07. The monoisotopic (exact) mass is 345 g/mol. The predicted octanol–water partition coefficient (Wildman–Crippen LogP) is 1.96. The van der Waals surface area contributed by atoms with Gasteiger partial charge in [0.1, 0.15) is 23.9 Å². The number of carbonyl (C=O) groups is 1. The molecule has 5 atom stereocenters. The van der Waals surface area contributed by atoms with Gasteiger partial charge < -0.3 is 29.4 Å². The maximum atomic E-state index is 12.2. The summed E-state index contributed by atoms with van der Waals surface area (Å²) in [7, 11) is 0. The van der Waals surface area contributed by atoms with Crippen LogP contribution in [0.25, 0.3) is 0 Å². The van der Waals surface area contributed by atoms with Gasteiger partial charge in [-0.1, -0.05) is 13.3 Å². The first-order valence-corrected chi connectivity index (χ1v) is 8.68. The molecule has 140 valence electrons. The fourth-order valence-electron chi connectivity index (χ4n) is 3.28. The summed E-state index contributed by atoms with van der Waals surface area (Å²) < 4.78 is 23.3. The molecule has 7 nitrogen and oxygen atoms in total. The number of aliphatic hydroxyl groups excluding tert-OH is 1. The van der Waals surface area contributed by atoms with Gasteiger partial charge in [0.2, 0.25) is 0 Å². The SMILES string of the molecule is CCC[C@H]1O[C@H](CO)[C@@H]2OC(C)(C)O[C@@H]2[C@H]1NC(=O)OC(C)(C)C. The number of ether oxygens (including phenoxy) is 4. The molecule has 2 heterocycles. The van der Waals surface area contributed by atoms with E-state index in [-0.39, 0.29) is 12.7 Å². The van der Waals surface area contributed by atoms with Gasteiger partial charge in [0.05, 0.1) is 18.8 Å². The Morgan fingerprint density at radius 3 is 2.38 bits per heavy atom. The Hall–Kier alpha value is -0.890. The van der Waals surface area contributed by atoms with Crippen molar-refractivity contribution in [3.05, 3.63) is 0 Å². The van der Waals surface area contributed by atoms with Crippen LogP contribution in [0.1, 0.15) is 54.4 Å². The van der Waals surface area contributed by atoms with E-state index >= 15 is 0 Å². The van der Waals surface area contributed by atoms with Crippen molar-refractivity contribution in [3.63, 3.8) is 0 Å². The Bertz CT molecular complexity index is 447. The summed E-state index contributed by atoms with van der Waals surface area (Å²) in [5.74, 6) is -0.791. The number of amides is 1. The summed E-state index contributed by atoms with van der Waals surface area (Å²) in [4.78, 5) is 12.2. The number of aliphatic hydroxyl groups is 1. The summed E-state index contributed by atoms with van der Waals surface area (Å²) in [6, 6.07) is -0.394. The highest BCUT2D eigenvalue weighted by molar-refractivity contribution is 5.68. The second-order valence-electron chi connectivity index (χ2n) is 7.92. The Morgan fingerprint density at radius 1 is 1.21 bits per heavy atom. The standard InChI is InChI=1S/C17H31NO6/c1-7-8-10-12(18-15(20)24-16(2,3)4)14-13(11(9-19)21-10)22-17(5,6)23-14/h10-14,19H,7-9H2,1-6H3,(H,18,20)/t10-,11-,12+,13+,14-/m1/s1. The van der Waals surface area contributed by atoms with Crippen LogP contribution in [0, 0.1) is 0 Å². The smallest absolute Gasteiger partial charge is 0.408 e. The molecule has 0 spiro atoms. The number of carbonyl (C=O) groups excluding carboxylic acids is 1. The quantitative estimate of drug-likeness (QED) is 0.810. The third kappa shape index (κ3) is 4.59. The van der Waals surface area contributed by atoms with Gasteiger partial charge in [-0.05, 0) is 41.0 Å². The minimum absolute atomic E-state index is 0.153. The molecule has 2 aliphatic rings. The topological polar surface area (TPSA) is 86.3 Å². The van der Waals surface area contributed by atoms with Gasteiger partial charge in [-0.2, -0.15) is 0 Å². The Labute approximate surface area is 144 Å². The average Bonchev–Trinajstić information content (AvgIpc) is 2.74. The van der Waals surface area contributed by atoms with Gasteiger partial charge in [0.25, 0.3) is 0 Å². The van der Waals surface area contributed by atoms with Crippen LogP contribution >= 0.6 is 0 Å². The second kappa shape index (κ2) is 7.15. The van der Waals surface area contributed by atoms with Crippen LogP contribution < -0.4 is 5.32 Å². The fourth-order valence-corrected chi connectivity index (χ4v) is 3.28. The lowest BCUT2D eigenvalue weighted by atomic mass is 9.91. The van der Waals surface area contributed by atoms with E-state index in [0.29, 0.717) is 0 Å². The molecule has 2 saturated heterocycles. The van der Waals surface area contributed by atoms with Crippen molar-refractivity contribution in [1.29, 1.82) is 0 Å². The molecule has 0 bridgehead atoms. The average molecular weight is 345 g/mol. The predicted molar refractivity (Wildman–Crippen MR) is 87.6 cm³/mol. The lowest BCUT2D eigenvalue weighted by molar-refractivity contribution is -0.169. The molecule has 2 rings (SSSR count). The first-order valence-electron chi connectivity index (χ1n) is 8.68. The van der Waals surface area contributed by atoms with Crippen LogP contribution in [0.5, 0.6) is 0 Å². The van der Waals surface area contributed by atoms with Gasteiger partial charge in [-0.15, -0.1) is 0 Å². The van der Waals surface area contributed by atoms with Gasteiger partial charge in [0, 0.05) is 0 Å². The first-order chi connectivity index (χ1) is 11.1. The highest BCUT2D eigenvalue weighted by atomic mass is 16.8. The number of alkyl carbamates (subject to hydrolysis) is 1. The highest BCUT2D eigenvalue weighted by Crippen LogP contribution is 2.38. The molecule has 2 fully saturated rings. The van der Waals surface area contributed by atoms with Gasteiger partial charge in [-0.25, -0.2) is 4.79 Å². The van der Waals surface area contributed by atoms with E-state index in [9.17, 15) is 9.90 Å². The molecular weight excluding hydrogens is 314 g/mol. The van der Waals surface area contributed by atoms with Gasteiger partial charge in [-0.3, -0.25) is 0 Å². The molecule has 0 unspecified atom stereocenters. The first kappa shape index (κ1) is 19.4. The number of hydrogen-bond acceptors (Lipinski definition) is 6. The van der Waals surface area contributed by atoms with E-state index in [1.54, 1.807) is 0 Å². The van der Waals surface area contributed by atoms with E-state index in [2.05, 4.69) is 5.32 Å². The van der Waals surface area contributed by atoms with E-state index in [1.807, 2.05) is 41.5 Å². The molecule has 0 aromatic rings. The van der Waals surface area contributed by atoms with Crippen LogP contribution in [-0.2, 0) is 18.9 Å². The van der Waals surface area contributed by atoms with Crippen LogP contribution in [-0.4, -0.2) is 59.7 Å². The minimum Gasteiger partial charge on any atom is -0.444 e. The van der Waals surface area contributed by atoms with Crippen molar-refractivity contribution in [3.8, 4) is 0 Å². The summed E-state index contributed by atoms with van der Waals surface area (Å²) >= 11 is 0. The van der Waals surface area contributed by atoms with Crippen molar-refractivity contribution in [2.24, 2.45) is 0 Å². The van der Waals surface area contributed by atoms with Crippen LogP contribution in [0.15, 0.2) is 0 Å². The number of hydrogen-bond donors (Lipinski definition) is 2. The Kier molecular flexibility index (Phi) is 5.79. The second-order valence-corrected chi connectivity index (χ2v) is 7.92.